The molecule has 0 amide bonds. The van der Waals surface area contributed by atoms with Crippen LogP contribution < -0.4 is 5.32 Å². The van der Waals surface area contributed by atoms with E-state index in [2.05, 4.69) is 85.4 Å². The zero-order chi connectivity index (χ0) is 23.1. The molecule has 0 radical (unpaired) electrons. The van der Waals surface area contributed by atoms with Gasteiger partial charge in [0.1, 0.15) is 0 Å². The number of hydrogen-bond acceptors (Lipinski definition) is 4. The highest BCUT2D eigenvalue weighted by Crippen LogP contribution is 2.23. The Hall–Kier alpha value is -1.65. The summed E-state index contributed by atoms with van der Waals surface area (Å²) in [6, 6.07) is 9.11. The van der Waals surface area contributed by atoms with Crippen molar-refractivity contribution in [1.29, 1.82) is 0 Å². The van der Waals surface area contributed by atoms with Gasteiger partial charge in [-0.1, -0.05) is 43.7 Å². The fourth-order valence-corrected chi connectivity index (χ4v) is 4.25. The van der Waals surface area contributed by atoms with E-state index in [1.807, 2.05) is 11.7 Å². The Labute approximate surface area is 216 Å². The molecule has 1 saturated heterocycles. The third-order valence-electron chi connectivity index (χ3n) is 5.95. The number of ether oxygens (including phenoxy) is 1. The summed E-state index contributed by atoms with van der Waals surface area (Å²) >= 11 is 0. The average molecular weight is 569 g/mol. The van der Waals surface area contributed by atoms with E-state index in [4.69, 9.17) is 9.73 Å². The minimum Gasteiger partial charge on any atom is -0.379 e. The van der Waals surface area contributed by atoms with E-state index in [0.717, 1.165) is 51.0 Å². The second-order valence-electron chi connectivity index (χ2n) is 8.99. The van der Waals surface area contributed by atoms with E-state index in [9.17, 15) is 0 Å². The minimum atomic E-state index is 0. The molecule has 2 aromatic rings. The number of aromatic nitrogens is 2. The molecule has 0 bridgehead atoms. The van der Waals surface area contributed by atoms with Gasteiger partial charge in [0.05, 0.1) is 31.5 Å². The van der Waals surface area contributed by atoms with Gasteiger partial charge in [0.2, 0.25) is 0 Å². The third-order valence-corrected chi connectivity index (χ3v) is 5.95. The van der Waals surface area contributed by atoms with Crippen molar-refractivity contribution in [3.63, 3.8) is 0 Å². The maximum Gasteiger partial charge on any atom is 0.194 e. The second kappa shape index (κ2) is 13.3. The first-order valence-electron chi connectivity index (χ1n) is 11.8. The molecule has 0 aliphatic carbocycles. The molecular weight excluding hydrogens is 527 g/mol. The predicted molar refractivity (Wildman–Crippen MR) is 146 cm³/mol. The van der Waals surface area contributed by atoms with Crippen molar-refractivity contribution in [2.45, 2.75) is 46.2 Å². The Bertz CT molecular complexity index is 874. The molecule has 2 heterocycles. The summed E-state index contributed by atoms with van der Waals surface area (Å²) in [6.45, 7) is 14.4. The van der Waals surface area contributed by atoms with Crippen molar-refractivity contribution in [3.05, 3.63) is 52.8 Å². The Morgan fingerprint density at radius 3 is 2.48 bits per heavy atom. The smallest absolute Gasteiger partial charge is 0.194 e. The number of aliphatic imine (C=N–C) groups is 1. The first kappa shape index (κ1) is 27.6. The van der Waals surface area contributed by atoms with Gasteiger partial charge >= 0.3 is 0 Å². The second-order valence-corrected chi connectivity index (χ2v) is 8.99. The molecule has 0 spiro atoms. The van der Waals surface area contributed by atoms with Crippen LogP contribution in [0.3, 0.4) is 0 Å². The number of nitrogens with zero attached hydrogens (tertiary/aromatic N) is 5. The van der Waals surface area contributed by atoms with Crippen molar-refractivity contribution in [3.8, 4) is 0 Å². The Balaban J connectivity index is 0.00000385. The van der Waals surface area contributed by atoms with Crippen LogP contribution in [0.25, 0.3) is 0 Å². The Morgan fingerprint density at radius 2 is 1.88 bits per heavy atom. The lowest BCUT2D eigenvalue weighted by Gasteiger charge is -2.34. The lowest BCUT2D eigenvalue weighted by atomic mass is 10.0. The number of morpholine rings is 1. The molecule has 1 unspecified atom stereocenters. The van der Waals surface area contributed by atoms with Crippen LogP contribution in [0, 0.1) is 6.92 Å². The van der Waals surface area contributed by atoms with E-state index in [1.54, 1.807) is 0 Å². The first-order chi connectivity index (χ1) is 15.4. The summed E-state index contributed by atoms with van der Waals surface area (Å²) in [4.78, 5) is 9.79. The van der Waals surface area contributed by atoms with Gasteiger partial charge in [-0.05, 0) is 25.3 Å². The maximum absolute atomic E-state index is 5.60. The van der Waals surface area contributed by atoms with Crippen LogP contribution in [0.1, 0.15) is 55.1 Å². The number of benzene rings is 1. The molecule has 0 saturated carbocycles. The molecule has 1 aromatic heterocycles. The van der Waals surface area contributed by atoms with Gasteiger partial charge in [-0.3, -0.25) is 14.6 Å². The van der Waals surface area contributed by atoms with Gasteiger partial charge in [0.15, 0.2) is 5.96 Å². The average Bonchev–Trinajstić information content (AvgIpc) is 3.15. The number of rotatable bonds is 8. The van der Waals surface area contributed by atoms with Crippen LogP contribution in [0.15, 0.2) is 35.5 Å². The standard InChI is InChI=1S/C25H40N6O.HI/c1-7-26-25(29(5)17-22-18-30(6)28-24(22)19(2)3)27-16-23(31-12-14-32-15-13-31)21-10-8-20(4)9-11-21;/h8-11,18-19,23H,7,12-17H2,1-6H3,(H,26,27);1H. The summed E-state index contributed by atoms with van der Waals surface area (Å²) in [6.07, 6.45) is 2.12. The van der Waals surface area contributed by atoms with Crippen molar-refractivity contribution >= 4 is 29.9 Å². The lowest BCUT2D eigenvalue weighted by Crippen LogP contribution is -2.42. The summed E-state index contributed by atoms with van der Waals surface area (Å²) in [5, 5.41) is 8.14. The SMILES string of the molecule is CCNC(=NCC(c1ccc(C)cc1)N1CCOCC1)N(C)Cc1cn(C)nc1C(C)C.I. The molecule has 1 aliphatic heterocycles. The molecule has 1 fully saturated rings. The van der Waals surface area contributed by atoms with Gasteiger partial charge in [0, 0.05) is 52.0 Å². The van der Waals surface area contributed by atoms with Gasteiger partial charge < -0.3 is 15.0 Å². The topological polar surface area (TPSA) is 57.9 Å². The normalized spacial score (nSPS) is 15.9. The van der Waals surface area contributed by atoms with Gasteiger partial charge in [-0.15, -0.1) is 24.0 Å². The molecular formula is C25H41IN6O. The number of aryl methyl sites for hydroxylation is 2. The highest BCUT2D eigenvalue weighted by molar-refractivity contribution is 14.0. The van der Waals surface area contributed by atoms with Crippen LogP contribution in [-0.2, 0) is 18.3 Å². The zero-order valence-electron chi connectivity index (χ0n) is 21.0. The molecule has 184 valence electrons. The van der Waals surface area contributed by atoms with Crippen molar-refractivity contribution in [2.24, 2.45) is 12.0 Å². The van der Waals surface area contributed by atoms with Crippen LogP contribution in [0.4, 0.5) is 0 Å². The quantitative estimate of drug-likeness (QED) is 0.297. The molecule has 7 nitrogen and oxygen atoms in total. The van der Waals surface area contributed by atoms with E-state index in [1.165, 1.54) is 16.7 Å². The van der Waals surface area contributed by atoms with Crippen molar-refractivity contribution in [1.82, 2.24) is 24.9 Å². The van der Waals surface area contributed by atoms with Crippen LogP contribution >= 0.6 is 24.0 Å². The number of halogens is 1. The summed E-state index contributed by atoms with van der Waals surface area (Å²) < 4.78 is 7.51. The Kier molecular flexibility index (Phi) is 11.1. The van der Waals surface area contributed by atoms with Gasteiger partial charge in [-0.2, -0.15) is 5.10 Å². The van der Waals surface area contributed by atoms with Gasteiger partial charge in [-0.25, -0.2) is 0 Å². The van der Waals surface area contributed by atoms with E-state index in [-0.39, 0.29) is 30.0 Å². The molecule has 33 heavy (non-hydrogen) atoms. The number of guanidine groups is 1. The summed E-state index contributed by atoms with van der Waals surface area (Å²) in [5.74, 6) is 1.32. The lowest BCUT2D eigenvalue weighted by molar-refractivity contribution is 0.0179. The summed E-state index contributed by atoms with van der Waals surface area (Å²) in [5.41, 5.74) is 5.00. The third kappa shape index (κ3) is 7.68. The monoisotopic (exact) mass is 568 g/mol. The van der Waals surface area contributed by atoms with Crippen molar-refractivity contribution < 1.29 is 4.74 Å². The highest BCUT2D eigenvalue weighted by atomic mass is 127. The first-order valence-corrected chi connectivity index (χ1v) is 11.8. The Morgan fingerprint density at radius 1 is 1.21 bits per heavy atom. The maximum atomic E-state index is 5.60. The van der Waals surface area contributed by atoms with Crippen molar-refractivity contribution in [2.75, 3.05) is 46.4 Å². The molecule has 1 aliphatic rings. The van der Waals surface area contributed by atoms with E-state index < -0.39 is 0 Å². The van der Waals surface area contributed by atoms with Crippen LogP contribution in [0.5, 0.6) is 0 Å². The zero-order valence-corrected chi connectivity index (χ0v) is 23.4. The van der Waals surface area contributed by atoms with Crippen LogP contribution in [0.2, 0.25) is 0 Å². The molecule has 1 atom stereocenters. The largest absolute Gasteiger partial charge is 0.379 e. The van der Waals surface area contributed by atoms with E-state index in [0.29, 0.717) is 12.5 Å². The molecule has 1 aromatic carbocycles. The number of nitrogens with one attached hydrogen (secondary N) is 1. The fraction of sp³-hybridized carbons (Fsp3) is 0.600. The molecule has 1 N–H and O–H groups in total. The summed E-state index contributed by atoms with van der Waals surface area (Å²) in [7, 11) is 4.09. The van der Waals surface area contributed by atoms with E-state index >= 15 is 0 Å². The highest BCUT2D eigenvalue weighted by Gasteiger charge is 2.23. The number of hydrogen-bond donors (Lipinski definition) is 1. The molecule has 3 rings (SSSR count). The fourth-order valence-electron chi connectivity index (χ4n) is 4.25. The van der Waals surface area contributed by atoms with Gasteiger partial charge in [0.25, 0.3) is 0 Å². The minimum absolute atomic E-state index is 0. The van der Waals surface area contributed by atoms with Crippen LogP contribution in [-0.4, -0.2) is 72.0 Å². The predicted octanol–water partition coefficient (Wildman–Crippen LogP) is 3.94. The molecule has 8 heteroatoms.